The lowest BCUT2D eigenvalue weighted by atomic mass is 10.1. The van der Waals surface area contributed by atoms with Gasteiger partial charge in [-0.15, -0.1) is 0 Å². The number of rotatable bonds is 7. The summed E-state index contributed by atoms with van der Waals surface area (Å²) in [6, 6.07) is 7.03. The molecule has 0 aliphatic heterocycles. The summed E-state index contributed by atoms with van der Waals surface area (Å²) in [6.07, 6.45) is 1.87. The lowest BCUT2D eigenvalue weighted by molar-refractivity contribution is 0.0696. The second-order valence-corrected chi connectivity index (χ2v) is 5.31. The molecule has 0 atom stereocenters. The third-order valence-electron chi connectivity index (χ3n) is 3.83. The Morgan fingerprint density at radius 1 is 1.27 bits per heavy atom. The molecule has 1 heterocycles. The molecule has 0 aliphatic rings. The Morgan fingerprint density at radius 3 is 2.68 bits per heavy atom. The highest BCUT2D eigenvalue weighted by molar-refractivity contribution is 5.87. The lowest BCUT2D eigenvalue weighted by Crippen LogP contribution is -2.15. The Morgan fingerprint density at radius 2 is 2.05 bits per heavy atom. The molecule has 0 saturated carbocycles. The Labute approximate surface area is 131 Å². The zero-order chi connectivity index (χ0) is 16.1. The molecule has 5 heteroatoms. The summed E-state index contributed by atoms with van der Waals surface area (Å²) in [7, 11) is 1.98. The minimum Gasteiger partial charge on any atom is -0.478 e. The third kappa shape index (κ3) is 3.54. The van der Waals surface area contributed by atoms with Crippen LogP contribution in [-0.2, 0) is 33.0 Å². The van der Waals surface area contributed by atoms with Crippen molar-refractivity contribution in [1.29, 1.82) is 0 Å². The number of nitrogens with zero attached hydrogens (tertiary/aromatic N) is 2. The zero-order valence-electron chi connectivity index (χ0n) is 13.4. The van der Waals surface area contributed by atoms with Crippen LogP contribution in [0.3, 0.4) is 0 Å². The van der Waals surface area contributed by atoms with Crippen molar-refractivity contribution in [1.82, 2.24) is 15.1 Å². The summed E-state index contributed by atoms with van der Waals surface area (Å²) in [5.41, 5.74) is 4.95. The standard InChI is InChI=1S/C17H23N3O2/c1-4-15-14(16(5-2)20(3)19-15)11-18-10-12-7-6-8-13(9-12)17(21)22/h6-9,18H,4-5,10-11H2,1-3H3,(H,21,22). The molecule has 1 aromatic carbocycles. The molecule has 22 heavy (non-hydrogen) atoms. The summed E-state index contributed by atoms with van der Waals surface area (Å²) in [5, 5.41) is 17.0. The number of aromatic nitrogens is 2. The molecule has 0 amide bonds. The Bertz CT molecular complexity index is 662. The summed E-state index contributed by atoms with van der Waals surface area (Å²) in [4.78, 5) is 11.0. The first-order valence-corrected chi connectivity index (χ1v) is 7.63. The van der Waals surface area contributed by atoms with Gasteiger partial charge in [-0.2, -0.15) is 5.10 Å². The van der Waals surface area contributed by atoms with E-state index in [-0.39, 0.29) is 0 Å². The van der Waals surface area contributed by atoms with Crippen molar-refractivity contribution >= 4 is 5.97 Å². The number of carboxylic acid groups (broad SMARTS) is 1. The summed E-state index contributed by atoms with van der Waals surface area (Å²) >= 11 is 0. The highest BCUT2D eigenvalue weighted by atomic mass is 16.4. The summed E-state index contributed by atoms with van der Waals surface area (Å²) in [5.74, 6) is -0.893. The van der Waals surface area contributed by atoms with Gasteiger partial charge in [-0.3, -0.25) is 4.68 Å². The molecule has 0 fully saturated rings. The van der Waals surface area contributed by atoms with E-state index in [0.29, 0.717) is 12.1 Å². The first-order valence-electron chi connectivity index (χ1n) is 7.63. The fraction of sp³-hybridized carbons (Fsp3) is 0.412. The van der Waals surface area contributed by atoms with E-state index in [0.717, 1.165) is 30.6 Å². The van der Waals surface area contributed by atoms with Crippen LogP contribution < -0.4 is 5.32 Å². The molecule has 1 aromatic heterocycles. The molecule has 0 saturated heterocycles. The van der Waals surface area contributed by atoms with Crippen molar-refractivity contribution in [3.05, 3.63) is 52.3 Å². The van der Waals surface area contributed by atoms with Crippen molar-refractivity contribution < 1.29 is 9.90 Å². The lowest BCUT2D eigenvalue weighted by Gasteiger charge is -2.08. The first kappa shape index (κ1) is 16.2. The van der Waals surface area contributed by atoms with Crippen molar-refractivity contribution in [2.45, 2.75) is 39.8 Å². The number of hydrogen-bond acceptors (Lipinski definition) is 3. The average Bonchev–Trinajstić information content (AvgIpc) is 2.82. The molecule has 0 radical (unpaired) electrons. The van der Waals surface area contributed by atoms with E-state index < -0.39 is 5.97 Å². The number of benzene rings is 1. The number of nitrogens with one attached hydrogen (secondary N) is 1. The number of carbonyl (C=O) groups is 1. The van der Waals surface area contributed by atoms with E-state index in [1.807, 2.05) is 17.8 Å². The molecule has 5 nitrogen and oxygen atoms in total. The second kappa shape index (κ2) is 7.22. The monoisotopic (exact) mass is 301 g/mol. The van der Waals surface area contributed by atoms with Gasteiger partial charge in [0.15, 0.2) is 0 Å². The van der Waals surface area contributed by atoms with Gasteiger partial charge in [0.05, 0.1) is 11.3 Å². The minimum atomic E-state index is -0.893. The number of aryl methyl sites for hydroxylation is 2. The molecule has 118 valence electrons. The van der Waals surface area contributed by atoms with Crippen LogP contribution in [0, 0.1) is 0 Å². The van der Waals surface area contributed by atoms with E-state index in [4.69, 9.17) is 5.11 Å². The van der Waals surface area contributed by atoms with E-state index >= 15 is 0 Å². The molecule has 0 aliphatic carbocycles. The van der Waals surface area contributed by atoms with Crippen molar-refractivity contribution in [2.75, 3.05) is 0 Å². The molecule has 0 spiro atoms. The molecule has 0 unspecified atom stereocenters. The number of carboxylic acids is 1. The first-order chi connectivity index (χ1) is 10.6. The van der Waals surface area contributed by atoms with Crippen LogP contribution in [0.25, 0.3) is 0 Å². The highest BCUT2D eigenvalue weighted by Crippen LogP contribution is 2.15. The predicted molar refractivity (Wildman–Crippen MR) is 85.9 cm³/mol. The van der Waals surface area contributed by atoms with Crippen LogP contribution >= 0.6 is 0 Å². The van der Waals surface area contributed by atoms with Gasteiger partial charge in [-0.1, -0.05) is 26.0 Å². The summed E-state index contributed by atoms with van der Waals surface area (Å²) < 4.78 is 1.96. The molecule has 2 aromatic rings. The molecular formula is C17H23N3O2. The average molecular weight is 301 g/mol. The van der Waals surface area contributed by atoms with Gasteiger partial charge in [-0.25, -0.2) is 4.79 Å². The molecule has 2 rings (SSSR count). The van der Waals surface area contributed by atoms with Crippen LogP contribution in [0.5, 0.6) is 0 Å². The SMILES string of the molecule is CCc1nn(C)c(CC)c1CNCc1cccc(C(=O)O)c1. The fourth-order valence-corrected chi connectivity index (χ4v) is 2.74. The maximum absolute atomic E-state index is 11.0. The number of aromatic carboxylic acids is 1. The van der Waals surface area contributed by atoms with Gasteiger partial charge in [0.25, 0.3) is 0 Å². The van der Waals surface area contributed by atoms with Crippen LogP contribution in [0.4, 0.5) is 0 Å². The fourth-order valence-electron chi connectivity index (χ4n) is 2.74. The molecular weight excluding hydrogens is 278 g/mol. The van der Waals surface area contributed by atoms with Crippen LogP contribution in [-0.4, -0.2) is 20.9 Å². The molecule has 2 N–H and O–H groups in total. The van der Waals surface area contributed by atoms with E-state index in [1.165, 1.54) is 11.3 Å². The van der Waals surface area contributed by atoms with E-state index in [2.05, 4.69) is 24.3 Å². The van der Waals surface area contributed by atoms with Crippen LogP contribution in [0.2, 0.25) is 0 Å². The third-order valence-corrected chi connectivity index (χ3v) is 3.83. The van der Waals surface area contributed by atoms with Gasteiger partial charge in [0, 0.05) is 31.4 Å². The Hall–Kier alpha value is -2.14. The van der Waals surface area contributed by atoms with Crippen molar-refractivity contribution in [3.63, 3.8) is 0 Å². The van der Waals surface area contributed by atoms with Gasteiger partial charge in [-0.05, 0) is 30.5 Å². The van der Waals surface area contributed by atoms with Gasteiger partial charge in [0.2, 0.25) is 0 Å². The quantitative estimate of drug-likeness (QED) is 0.824. The van der Waals surface area contributed by atoms with Crippen molar-refractivity contribution in [3.8, 4) is 0 Å². The van der Waals surface area contributed by atoms with Crippen LogP contribution in [0.1, 0.15) is 46.7 Å². The van der Waals surface area contributed by atoms with Gasteiger partial charge < -0.3 is 10.4 Å². The van der Waals surface area contributed by atoms with Gasteiger partial charge >= 0.3 is 5.97 Å². The maximum atomic E-state index is 11.0. The maximum Gasteiger partial charge on any atom is 0.335 e. The highest BCUT2D eigenvalue weighted by Gasteiger charge is 2.13. The van der Waals surface area contributed by atoms with Gasteiger partial charge in [0.1, 0.15) is 0 Å². The summed E-state index contributed by atoms with van der Waals surface area (Å²) in [6.45, 7) is 5.64. The Kier molecular flexibility index (Phi) is 5.33. The minimum absolute atomic E-state index is 0.323. The normalized spacial score (nSPS) is 10.9. The smallest absolute Gasteiger partial charge is 0.335 e. The van der Waals surface area contributed by atoms with Crippen LogP contribution in [0.15, 0.2) is 24.3 Å². The topological polar surface area (TPSA) is 67.2 Å². The predicted octanol–water partition coefficient (Wildman–Crippen LogP) is 2.53. The Balaban J connectivity index is 2.05. The van der Waals surface area contributed by atoms with Crippen molar-refractivity contribution in [2.24, 2.45) is 7.05 Å². The largest absolute Gasteiger partial charge is 0.478 e. The number of hydrogen-bond donors (Lipinski definition) is 2. The van der Waals surface area contributed by atoms with E-state index in [9.17, 15) is 4.79 Å². The second-order valence-electron chi connectivity index (χ2n) is 5.31. The zero-order valence-corrected chi connectivity index (χ0v) is 13.4. The molecule has 0 bridgehead atoms. The van der Waals surface area contributed by atoms with E-state index in [1.54, 1.807) is 18.2 Å².